The highest BCUT2D eigenvalue weighted by molar-refractivity contribution is 5.93. The van der Waals surface area contributed by atoms with Gasteiger partial charge in [0.2, 0.25) is 5.91 Å². The molecule has 3 saturated heterocycles. The first-order valence-corrected chi connectivity index (χ1v) is 8.56. The summed E-state index contributed by atoms with van der Waals surface area (Å²) in [4.78, 5) is 29.0. The molecule has 3 aliphatic rings. The van der Waals surface area contributed by atoms with Gasteiger partial charge in [0.15, 0.2) is 5.69 Å². The summed E-state index contributed by atoms with van der Waals surface area (Å²) in [5.74, 6) is 0.756. The lowest BCUT2D eigenvalue weighted by Gasteiger charge is -2.35. The summed E-state index contributed by atoms with van der Waals surface area (Å²) in [6.07, 6.45) is 1.77. The molecular formula is C17H25N3O4. The minimum atomic E-state index is -0.149. The Kier molecular flexibility index (Phi) is 4.89. The molecule has 2 amide bonds. The van der Waals surface area contributed by atoms with Crippen molar-refractivity contribution in [1.82, 2.24) is 15.0 Å². The van der Waals surface area contributed by atoms with Gasteiger partial charge in [0.05, 0.1) is 12.5 Å². The van der Waals surface area contributed by atoms with E-state index in [1.54, 1.807) is 18.1 Å². The van der Waals surface area contributed by atoms with E-state index in [1.807, 2.05) is 18.7 Å². The smallest absolute Gasteiger partial charge is 0.276 e. The molecule has 7 nitrogen and oxygen atoms in total. The molecule has 0 aromatic carbocycles. The monoisotopic (exact) mass is 335 g/mol. The molecule has 1 aromatic heterocycles. The lowest BCUT2D eigenvalue weighted by atomic mass is 9.94. The van der Waals surface area contributed by atoms with Crippen LogP contribution in [0, 0.1) is 5.92 Å². The summed E-state index contributed by atoms with van der Waals surface area (Å²) in [6.45, 7) is 6.10. The van der Waals surface area contributed by atoms with E-state index in [0.29, 0.717) is 37.7 Å². The Morgan fingerprint density at radius 1 is 1.42 bits per heavy atom. The second-order valence-corrected chi connectivity index (χ2v) is 6.93. The van der Waals surface area contributed by atoms with Gasteiger partial charge in [-0.2, -0.15) is 0 Å². The molecule has 4 rings (SSSR count). The summed E-state index contributed by atoms with van der Waals surface area (Å²) in [6, 6.07) is 1.77. The Labute approximate surface area is 141 Å². The van der Waals surface area contributed by atoms with E-state index in [2.05, 4.69) is 5.16 Å². The van der Waals surface area contributed by atoms with Crippen LogP contribution in [0.4, 0.5) is 0 Å². The molecule has 2 bridgehead atoms. The first kappa shape index (κ1) is 17.0. The van der Waals surface area contributed by atoms with Gasteiger partial charge in [0.25, 0.3) is 5.91 Å². The average molecular weight is 335 g/mol. The molecule has 0 saturated carbocycles. The quantitative estimate of drug-likeness (QED) is 0.815. The van der Waals surface area contributed by atoms with Crippen molar-refractivity contribution < 1.29 is 18.8 Å². The van der Waals surface area contributed by atoms with Crippen molar-refractivity contribution in [3.05, 3.63) is 17.5 Å². The van der Waals surface area contributed by atoms with Gasteiger partial charge in [-0.25, -0.2) is 0 Å². The van der Waals surface area contributed by atoms with Crippen LogP contribution in [0.15, 0.2) is 10.6 Å². The second-order valence-electron chi connectivity index (χ2n) is 6.93. The second kappa shape index (κ2) is 6.93. The number of carbonyl (C=O) groups is 2. The summed E-state index contributed by atoms with van der Waals surface area (Å²) in [7, 11) is 1.63. The van der Waals surface area contributed by atoms with E-state index < -0.39 is 0 Å². The van der Waals surface area contributed by atoms with E-state index in [4.69, 9.17) is 9.26 Å². The Morgan fingerprint density at radius 2 is 2.21 bits per heavy atom. The fourth-order valence-corrected chi connectivity index (χ4v) is 3.51. The highest BCUT2D eigenvalue weighted by atomic mass is 16.5. The standard InChI is InChI=1S/C17H25N3O4/c1-11(2)15-8-14(18-24-15)17(22)19-9-12-4-5-13(10-19)20(16(12)21)6-7-23-3/h8,11-13H,4-7,9-10H2,1-3H3. The zero-order valence-corrected chi connectivity index (χ0v) is 14.5. The Balaban J connectivity index is 1.75. The minimum absolute atomic E-state index is 0.0619. The summed E-state index contributed by atoms with van der Waals surface area (Å²) in [5.41, 5.74) is 0.330. The van der Waals surface area contributed by atoms with Crippen molar-refractivity contribution in [2.45, 2.75) is 38.6 Å². The van der Waals surface area contributed by atoms with Crippen LogP contribution in [0.25, 0.3) is 0 Å². The lowest BCUT2D eigenvalue weighted by Crippen LogP contribution is -2.49. The maximum Gasteiger partial charge on any atom is 0.276 e. The van der Waals surface area contributed by atoms with Crippen LogP contribution >= 0.6 is 0 Å². The lowest BCUT2D eigenvalue weighted by molar-refractivity contribution is -0.140. The predicted octanol–water partition coefficient (Wildman–Crippen LogP) is 1.51. The molecule has 0 radical (unpaired) electrons. The largest absolute Gasteiger partial charge is 0.383 e. The van der Waals surface area contributed by atoms with E-state index in [1.165, 1.54) is 0 Å². The van der Waals surface area contributed by atoms with Gasteiger partial charge in [0.1, 0.15) is 5.76 Å². The van der Waals surface area contributed by atoms with Gasteiger partial charge in [-0.1, -0.05) is 19.0 Å². The van der Waals surface area contributed by atoms with Gasteiger partial charge in [0, 0.05) is 44.8 Å². The topological polar surface area (TPSA) is 75.9 Å². The number of hydrogen-bond donors (Lipinski definition) is 0. The Hall–Kier alpha value is -1.89. The SMILES string of the molecule is COCCN1C(=O)C2CCC1CN(C(=O)c1cc(C(C)C)on1)C2. The fourth-order valence-electron chi connectivity index (χ4n) is 3.51. The number of piperidine rings is 1. The number of carbonyl (C=O) groups excluding carboxylic acids is 2. The number of ether oxygens (including phenoxy) is 1. The van der Waals surface area contributed by atoms with Crippen molar-refractivity contribution in [2.24, 2.45) is 5.92 Å². The highest BCUT2D eigenvalue weighted by Crippen LogP contribution is 2.30. The molecule has 132 valence electrons. The molecule has 7 heteroatoms. The number of rotatable bonds is 5. The molecule has 4 heterocycles. The van der Waals surface area contributed by atoms with Crippen molar-refractivity contribution in [2.75, 3.05) is 33.4 Å². The molecule has 0 N–H and O–H groups in total. The zero-order chi connectivity index (χ0) is 17.3. The minimum Gasteiger partial charge on any atom is -0.383 e. The Morgan fingerprint density at radius 3 is 2.88 bits per heavy atom. The summed E-state index contributed by atoms with van der Waals surface area (Å²) in [5, 5.41) is 3.92. The third-order valence-electron chi connectivity index (χ3n) is 4.93. The van der Waals surface area contributed by atoms with Gasteiger partial charge in [-0.3, -0.25) is 9.59 Å². The maximum absolute atomic E-state index is 12.8. The Bertz CT molecular complexity index is 613. The molecule has 1 aromatic rings. The number of amides is 2. The van der Waals surface area contributed by atoms with E-state index >= 15 is 0 Å². The summed E-state index contributed by atoms with van der Waals surface area (Å²) >= 11 is 0. The number of aromatic nitrogens is 1. The average Bonchev–Trinajstić information content (AvgIpc) is 2.90. The molecule has 24 heavy (non-hydrogen) atoms. The molecule has 3 fully saturated rings. The van der Waals surface area contributed by atoms with Gasteiger partial charge < -0.3 is 19.1 Å². The van der Waals surface area contributed by atoms with Gasteiger partial charge >= 0.3 is 0 Å². The van der Waals surface area contributed by atoms with Crippen molar-refractivity contribution >= 4 is 11.8 Å². The van der Waals surface area contributed by atoms with Crippen LogP contribution in [0.3, 0.4) is 0 Å². The first-order valence-electron chi connectivity index (χ1n) is 8.56. The molecule has 0 aliphatic carbocycles. The molecule has 0 spiro atoms. The van der Waals surface area contributed by atoms with Gasteiger partial charge in [-0.05, 0) is 12.8 Å². The number of methoxy groups -OCH3 is 1. The van der Waals surface area contributed by atoms with E-state index in [0.717, 1.165) is 12.8 Å². The van der Waals surface area contributed by atoms with E-state index in [-0.39, 0.29) is 29.7 Å². The van der Waals surface area contributed by atoms with Crippen LogP contribution in [0.5, 0.6) is 0 Å². The molecular weight excluding hydrogens is 310 g/mol. The number of nitrogens with zero attached hydrogens (tertiary/aromatic N) is 3. The molecule has 3 aliphatic heterocycles. The van der Waals surface area contributed by atoms with Crippen LogP contribution in [0.1, 0.15) is 48.9 Å². The van der Waals surface area contributed by atoms with Crippen LogP contribution in [0.2, 0.25) is 0 Å². The first-order chi connectivity index (χ1) is 11.5. The highest BCUT2D eigenvalue weighted by Gasteiger charge is 2.42. The normalized spacial score (nSPS) is 23.9. The fraction of sp³-hybridized carbons (Fsp3) is 0.706. The molecule has 2 atom stereocenters. The van der Waals surface area contributed by atoms with Gasteiger partial charge in [-0.15, -0.1) is 0 Å². The van der Waals surface area contributed by atoms with E-state index in [9.17, 15) is 9.59 Å². The van der Waals surface area contributed by atoms with Crippen molar-refractivity contribution in [3.63, 3.8) is 0 Å². The third kappa shape index (κ3) is 3.17. The van der Waals surface area contributed by atoms with Crippen molar-refractivity contribution in [1.29, 1.82) is 0 Å². The summed E-state index contributed by atoms with van der Waals surface area (Å²) < 4.78 is 10.4. The predicted molar refractivity (Wildman–Crippen MR) is 86.6 cm³/mol. The molecule has 2 unspecified atom stereocenters. The van der Waals surface area contributed by atoms with Crippen LogP contribution in [-0.4, -0.2) is 66.2 Å². The van der Waals surface area contributed by atoms with Crippen LogP contribution < -0.4 is 0 Å². The zero-order valence-electron chi connectivity index (χ0n) is 14.5. The third-order valence-corrected chi connectivity index (χ3v) is 4.93. The number of hydrogen-bond acceptors (Lipinski definition) is 5. The van der Waals surface area contributed by atoms with Crippen LogP contribution in [-0.2, 0) is 9.53 Å². The number of fused-ring (bicyclic) bond motifs is 4. The maximum atomic E-state index is 12.8. The van der Waals surface area contributed by atoms with Crippen molar-refractivity contribution in [3.8, 4) is 0 Å².